The molecule has 136 valence electrons. The van der Waals surface area contributed by atoms with E-state index in [1.165, 1.54) is 0 Å². The van der Waals surface area contributed by atoms with Crippen molar-refractivity contribution < 1.29 is 4.79 Å². The van der Waals surface area contributed by atoms with Crippen molar-refractivity contribution in [3.8, 4) is 0 Å². The summed E-state index contributed by atoms with van der Waals surface area (Å²) < 4.78 is 1.75. The molecule has 0 unspecified atom stereocenters. The number of nitrogens with zero attached hydrogens (tertiary/aromatic N) is 3. The van der Waals surface area contributed by atoms with E-state index in [0.717, 1.165) is 27.7 Å². The Morgan fingerprint density at radius 1 is 1.22 bits per heavy atom. The number of nitrogens with one attached hydrogen (secondary N) is 1. The summed E-state index contributed by atoms with van der Waals surface area (Å²) in [5, 5.41) is 4.65. The number of carbonyl (C=O) groups excluding carboxylic acids is 1. The average molecular weight is 379 g/mol. The first-order valence-corrected chi connectivity index (χ1v) is 9.23. The van der Waals surface area contributed by atoms with Crippen LogP contribution in [0.4, 0.5) is 0 Å². The summed E-state index contributed by atoms with van der Waals surface area (Å²) in [6.07, 6.45) is 4.24. The molecule has 0 aliphatic rings. The summed E-state index contributed by atoms with van der Waals surface area (Å²) in [4.78, 5) is 21.8. The highest BCUT2D eigenvalue weighted by Gasteiger charge is 2.18. The average Bonchev–Trinajstić information content (AvgIpc) is 3.03. The predicted molar refractivity (Wildman–Crippen MR) is 107 cm³/mol. The Balaban J connectivity index is 1.60. The lowest BCUT2D eigenvalue weighted by atomic mass is 10.1. The molecule has 0 saturated carbocycles. The Labute approximate surface area is 162 Å². The molecular formula is C21H19ClN4O. The highest BCUT2D eigenvalue weighted by Crippen LogP contribution is 2.18. The fourth-order valence-corrected chi connectivity index (χ4v) is 3.37. The maximum absolute atomic E-state index is 12.9. The minimum Gasteiger partial charge on any atom is -0.347 e. The molecule has 6 heteroatoms. The SMILES string of the molecule is CCc1nc2ccc(Cl)cn2c1C(=O)NCc1ccc2cc(C)cnc2c1. The molecule has 0 radical (unpaired) electrons. The van der Waals surface area contributed by atoms with Crippen molar-refractivity contribution in [2.45, 2.75) is 26.8 Å². The molecule has 5 nitrogen and oxygen atoms in total. The van der Waals surface area contributed by atoms with Gasteiger partial charge in [-0.2, -0.15) is 0 Å². The van der Waals surface area contributed by atoms with E-state index in [1.54, 1.807) is 16.7 Å². The Bertz CT molecular complexity index is 1170. The van der Waals surface area contributed by atoms with E-state index < -0.39 is 0 Å². The number of fused-ring (bicyclic) bond motifs is 2. The van der Waals surface area contributed by atoms with Crippen LogP contribution in [0.1, 0.15) is 34.2 Å². The molecule has 0 spiro atoms. The highest BCUT2D eigenvalue weighted by atomic mass is 35.5. The number of imidazole rings is 1. The highest BCUT2D eigenvalue weighted by molar-refractivity contribution is 6.30. The number of hydrogen-bond donors (Lipinski definition) is 1. The van der Waals surface area contributed by atoms with Crippen molar-refractivity contribution in [1.82, 2.24) is 19.7 Å². The number of halogens is 1. The number of amides is 1. The second kappa shape index (κ2) is 7.00. The molecule has 0 bridgehead atoms. The van der Waals surface area contributed by atoms with E-state index in [2.05, 4.69) is 21.4 Å². The molecule has 0 fully saturated rings. The molecular weight excluding hydrogens is 360 g/mol. The zero-order valence-corrected chi connectivity index (χ0v) is 15.9. The predicted octanol–water partition coefficient (Wildman–Crippen LogP) is 4.34. The van der Waals surface area contributed by atoms with Crippen LogP contribution >= 0.6 is 11.6 Å². The minimum absolute atomic E-state index is 0.168. The molecule has 0 aliphatic heterocycles. The standard InChI is InChI=1S/C21H19ClN4O/c1-3-17-20(26-12-16(22)6-7-19(26)25-17)21(27)24-11-14-4-5-15-8-13(2)10-23-18(15)9-14/h4-10,12H,3,11H2,1-2H3,(H,24,27). The molecule has 1 amide bonds. The quantitative estimate of drug-likeness (QED) is 0.574. The molecule has 3 aromatic heterocycles. The van der Waals surface area contributed by atoms with Gasteiger partial charge in [0.1, 0.15) is 11.3 Å². The Morgan fingerprint density at radius 2 is 2.07 bits per heavy atom. The van der Waals surface area contributed by atoms with Crippen LogP contribution in [0.5, 0.6) is 0 Å². The van der Waals surface area contributed by atoms with Crippen molar-refractivity contribution in [3.63, 3.8) is 0 Å². The summed E-state index contributed by atoms with van der Waals surface area (Å²) in [5.74, 6) is -0.168. The van der Waals surface area contributed by atoms with Gasteiger partial charge in [0.05, 0.1) is 16.2 Å². The molecule has 0 saturated heterocycles. The van der Waals surface area contributed by atoms with Gasteiger partial charge in [-0.3, -0.25) is 14.2 Å². The first kappa shape index (κ1) is 17.5. The van der Waals surface area contributed by atoms with Gasteiger partial charge in [-0.1, -0.05) is 30.7 Å². The van der Waals surface area contributed by atoms with Crippen molar-refractivity contribution in [1.29, 1.82) is 0 Å². The number of rotatable bonds is 4. The van der Waals surface area contributed by atoms with Crippen molar-refractivity contribution in [2.75, 3.05) is 0 Å². The minimum atomic E-state index is -0.168. The number of hydrogen-bond acceptors (Lipinski definition) is 3. The summed E-state index contributed by atoms with van der Waals surface area (Å²) in [6.45, 7) is 4.42. The summed E-state index contributed by atoms with van der Waals surface area (Å²) in [6, 6.07) is 11.7. The van der Waals surface area contributed by atoms with Gasteiger partial charge < -0.3 is 5.32 Å². The van der Waals surface area contributed by atoms with Crippen LogP contribution in [-0.4, -0.2) is 20.3 Å². The van der Waals surface area contributed by atoms with Gasteiger partial charge in [-0.05, 0) is 48.7 Å². The largest absolute Gasteiger partial charge is 0.347 e. The van der Waals surface area contributed by atoms with Gasteiger partial charge in [-0.25, -0.2) is 4.98 Å². The fourth-order valence-electron chi connectivity index (χ4n) is 3.21. The first-order chi connectivity index (χ1) is 13.0. The second-order valence-corrected chi connectivity index (χ2v) is 7.00. The smallest absolute Gasteiger partial charge is 0.270 e. The normalized spacial score (nSPS) is 11.2. The van der Waals surface area contributed by atoms with Crippen LogP contribution in [0.15, 0.2) is 48.8 Å². The van der Waals surface area contributed by atoms with E-state index in [4.69, 9.17) is 11.6 Å². The lowest BCUT2D eigenvalue weighted by Crippen LogP contribution is -2.25. The fraction of sp³-hybridized carbons (Fsp3) is 0.190. The molecule has 1 N–H and O–H groups in total. The van der Waals surface area contributed by atoms with Gasteiger partial charge in [0.15, 0.2) is 0 Å². The third-order valence-electron chi connectivity index (χ3n) is 4.54. The van der Waals surface area contributed by atoms with Gasteiger partial charge >= 0.3 is 0 Å². The molecule has 27 heavy (non-hydrogen) atoms. The second-order valence-electron chi connectivity index (χ2n) is 6.56. The van der Waals surface area contributed by atoms with Crippen LogP contribution in [0.25, 0.3) is 16.6 Å². The Kier molecular flexibility index (Phi) is 4.54. The zero-order chi connectivity index (χ0) is 19.0. The van der Waals surface area contributed by atoms with Crippen molar-refractivity contribution in [3.05, 3.63) is 76.3 Å². The van der Waals surface area contributed by atoms with Gasteiger partial charge in [0, 0.05) is 24.3 Å². The van der Waals surface area contributed by atoms with Crippen molar-refractivity contribution in [2.24, 2.45) is 0 Å². The summed E-state index contributed by atoms with van der Waals surface area (Å²) in [5.41, 5.74) is 5.05. The van der Waals surface area contributed by atoms with Crippen LogP contribution in [0.3, 0.4) is 0 Å². The number of carbonyl (C=O) groups is 1. The van der Waals surface area contributed by atoms with Crippen LogP contribution in [-0.2, 0) is 13.0 Å². The number of pyridine rings is 2. The van der Waals surface area contributed by atoms with Gasteiger partial charge in [0.25, 0.3) is 5.91 Å². The van der Waals surface area contributed by atoms with Crippen LogP contribution < -0.4 is 5.32 Å². The number of benzene rings is 1. The number of aryl methyl sites for hydroxylation is 2. The Hall–Kier alpha value is -2.92. The maximum Gasteiger partial charge on any atom is 0.270 e. The van der Waals surface area contributed by atoms with E-state index in [0.29, 0.717) is 29.3 Å². The van der Waals surface area contributed by atoms with E-state index >= 15 is 0 Å². The van der Waals surface area contributed by atoms with Crippen LogP contribution in [0.2, 0.25) is 5.02 Å². The third kappa shape index (κ3) is 3.38. The zero-order valence-electron chi connectivity index (χ0n) is 15.2. The third-order valence-corrected chi connectivity index (χ3v) is 4.77. The van der Waals surface area contributed by atoms with E-state index in [-0.39, 0.29) is 5.91 Å². The topological polar surface area (TPSA) is 59.3 Å². The lowest BCUT2D eigenvalue weighted by molar-refractivity contribution is 0.0944. The van der Waals surface area contributed by atoms with Gasteiger partial charge in [0.2, 0.25) is 0 Å². The summed E-state index contributed by atoms with van der Waals surface area (Å²) in [7, 11) is 0. The monoisotopic (exact) mass is 378 g/mol. The van der Waals surface area contributed by atoms with E-state index in [9.17, 15) is 4.79 Å². The molecule has 3 heterocycles. The van der Waals surface area contributed by atoms with Crippen LogP contribution in [0, 0.1) is 6.92 Å². The summed E-state index contributed by atoms with van der Waals surface area (Å²) >= 11 is 6.10. The van der Waals surface area contributed by atoms with E-state index in [1.807, 2.05) is 44.3 Å². The van der Waals surface area contributed by atoms with Gasteiger partial charge in [-0.15, -0.1) is 0 Å². The Morgan fingerprint density at radius 3 is 2.89 bits per heavy atom. The maximum atomic E-state index is 12.9. The molecule has 0 atom stereocenters. The number of aromatic nitrogens is 3. The lowest BCUT2D eigenvalue weighted by Gasteiger charge is -2.08. The van der Waals surface area contributed by atoms with Crippen molar-refractivity contribution >= 4 is 34.1 Å². The molecule has 4 rings (SSSR count). The molecule has 4 aromatic rings. The first-order valence-electron chi connectivity index (χ1n) is 8.85. The molecule has 0 aliphatic carbocycles. The molecule has 1 aromatic carbocycles.